The van der Waals surface area contributed by atoms with Crippen LogP contribution in [0.2, 0.25) is 0 Å². The number of ether oxygens (including phenoxy) is 3. The number of hydrogen-bond donors (Lipinski definition) is 0. The zero-order valence-corrected chi connectivity index (χ0v) is 11.1. The van der Waals surface area contributed by atoms with Crippen LogP contribution in [0.15, 0.2) is 0 Å². The van der Waals surface area contributed by atoms with Gasteiger partial charge in [-0.3, -0.25) is 0 Å². The Morgan fingerprint density at radius 3 is 2.76 bits per heavy atom. The van der Waals surface area contributed by atoms with Gasteiger partial charge >= 0.3 is 0 Å². The molecule has 0 N–H and O–H groups in total. The van der Waals surface area contributed by atoms with E-state index in [0.717, 1.165) is 39.1 Å². The smallest absolute Gasteiger partial charge is 0.158 e. The summed E-state index contributed by atoms with van der Waals surface area (Å²) in [5.74, 6) is 0.679. The van der Waals surface area contributed by atoms with Crippen molar-refractivity contribution in [2.75, 3.05) is 40.0 Å². The lowest BCUT2D eigenvalue weighted by Gasteiger charge is -2.37. The summed E-state index contributed by atoms with van der Waals surface area (Å²) < 4.78 is 16.6. The van der Waals surface area contributed by atoms with Gasteiger partial charge in [0.15, 0.2) is 6.29 Å². The summed E-state index contributed by atoms with van der Waals surface area (Å²) in [6, 6.07) is 0. The normalized spacial score (nSPS) is 32.8. The van der Waals surface area contributed by atoms with E-state index in [1.54, 1.807) is 0 Å². The van der Waals surface area contributed by atoms with Crippen LogP contribution in [0.5, 0.6) is 0 Å². The molecule has 2 saturated heterocycles. The molecule has 2 aliphatic rings. The van der Waals surface area contributed by atoms with Crippen molar-refractivity contribution in [1.82, 2.24) is 4.90 Å². The highest BCUT2D eigenvalue weighted by molar-refractivity contribution is 4.78. The molecule has 4 nitrogen and oxygen atoms in total. The van der Waals surface area contributed by atoms with Crippen molar-refractivity contribution in [2.45, 2.75) is 38.6 Å². The van der Waals surface area contributed by atoms with Gasteiger partial charge in [0.2, 0.25) is 0 Å². The van der Waals surface area contributed by atoms with Crippen molar-refractivity contribution in [3.63, 3.8) is 0 Å². The molecule has 0 aromatic heterocycles. The van der Waals surface area contributed by atoms with Crippen molar-refractivity contribution >= 4 is 0 Å². The van der Waals surface area contributed by atoms with Gasteiger partial charge in [-0.1, -0.05) is 6.92 Å². The molecule has 0 aromatic rings. The molecule has 0 saturated carbocycles. The Morgan fingerprint density at radius 1 is 1.29 bits per heavy atom. The Balaban J connectivity index is 1.68. The van der Waals surface area contributed by atoms with Gasteiger partial charge < -0.3 is 19.1 Å². The second-order valence-corrected chi connectivity index (χ2v) is 5.15. The van der Waals surface area contributed by atoms with Crippen LogP contribution in [-0.4, -0.2) is 57.3 Å². The first-order valence-electron chi connectivity index (χ1n) is 6.78. The fourth-order valence-corrected chi connectivity index (χ4v) is 2.60. The van der Waals surface area contributed by atoms with Gasteiger partial charge in [0, 0.05) is 26.6 Å². The summed E-state index contributed by atoms with van der Waals surface area (Å²) in [5, 5.41) is 0. The van der Waals surface area contributed by atoms with E-state index >= 15 is 0 Å². The van der Waals surface area contributed by atoms with Gasteiger partial charge in [0.05, 0.1) is 19.3 Å². The van der Waals surface area contributed by atoms with Crippen molar-refractivity contribution in [3.05, 3.63) is 0 Å². The number of methoxy groups -OCH3 is 1. The third-order valence-electron chi connectivity index (χ3n) is 3.85. The Labute approximate surface area is 104 Å². The minimum absolute atomic E-state index is 0.0177. The van der Waals surface area contributed by atoms with Crippen molar-refractivity contribution in [2.24, 2.45) is 5.92 Å². The van der Waals surface area contributed by atoms with E-state index in [1.165, 1.54) is 13.0 Å². The number of piperidine rings is 1. The van der Waals surface area contributed by atoms with Crippen LogP contribution in [0.25, 0.3) is 0 Å². The molecule has 17 heavy (non-hydrogen) atoms. The standard InChI is InChI=1S/C13H25NO3/c1-11-4-6-14(10-12(11)15-2)7-5-13-16-8-3-9-17-13/h11-13H,3-10H2,1-2H3. The van der Waals surface area contributed by atoms with E-state index in [1.807, 2.05) is 7.11 Å². The number of nitrogens with zero attached hydrogens (tertiary/aromatic N) is 1. The van der Waals surface area contributed by atoms with Crippen LogP contribution < -0.4 is 0 Å². The lowest BCUT2D eigenvalue weighted by atomic mass is 9.96. The summed E-state index contributed by atoms with van der Waals surface area (Å²) in [6.07, 6.45) is 3.64. The number of likely N-dealkylation sites (tertiary alicyclic amines) is 1. The molecule has 0 bridgehead atoms. The molecular formula is C13H25NO3. The van der Waals surface area contributed by atoms with Gasteiger partial charge in [0.1, 0.15) is 0 Å². The molecule has 2 aliphatic heterocycles. The molecular weight excluding hydrogens is 218 g/mol. The summed E-state index contributed by atoms with van der Waals surface area (Å²) in [6.45, 7) is 7.25. The molecule has 0 spiro atoms. The second-order valence-electron chi connectivity index (χ2n) is 5.15. The van der Waals surface area contributed by atoms with Gasteiger partial charge in [-0.25, -0.2) is 0 Å². The fourth-order valence-electron chi connectivity index (χ4n) is 2.60. The minimum atomic E-state index is 0.0177. The first-order valence-corrected chi connectivity index (χ1v) is 6.78. The lowest BCUT2D eigenvalue weighted by molar-refractivity contribution is -0.183. The second kappa shape index (κ2) is 6.69. The largest absolute Gasteiger partial charge is 0.380 e. The molecule has 0 radical (unpaired) electrons. The Hall–Kier alpha value is -0.160. The first-order chi connectivity index (χ1) is 8.29. The lowest BCUT2D eigenvalue weighted by Crippen LogP contribution is -2.45. The summed E-state index contributed by atoms with van der Waals surface area (Å²) in [5.41, 5.74) is 0. The van der Waals surface area contributed by atoms with Crippen LogP contribution >= 0.6 is 0 Å². The highest BCUT2D eigenvalue weighted by Gasteiger charge is 2.26. The van der Waals surface area contributed by atoms with Crippen LogP contribution in [0.1, 0.15) is 26.2 Å². The van der Waals surface area contributed by atoms with Gasteiger partial charge in [-0.15, -0.1) is 0 Å². The minimum Gasteiger partial charge on any atom is -0.380 e. The third-order valence-corrected chi connectivity index (χ3v) is 3.85. The zero-order valence-electron chi connectivity index (χ0n) is 11.1. The van der Waals surface area contributed by atoms with Gasteiger partial charge in [-0.05, 0) is 25.3 Å². The molecule has 2 rings (SSSR count). The maximum Gasteiger partial charge on any atom is 0.158 e. The fraction of sp³-hybridized carbons (Fsp3) is 1.00. The van der Waals surface area contributed by atoms with Crippen LogP contribution in [0, 0.1) is 5.92 Å². The average Bonchev–Trinajstić information content (AvgIpc) is 2.39. The highest BCUT2D eigenvalue weighted by Crippen LogP contribution is 2.20. The number of hydrogen-bond acceptors (Lipinski definition) is 4. The Morgan fingerprint density at radius 2 is 2.06 bits per heavy atom. The molecule has 2 atom stereocenters. The van der Waals surface area contributed by atoms with Crippen molar-refractivity contribution in [1.29, 1.82) is 0 Å². The first kappa shape index (κ1) is 13.3. The molecule has 0 aromatic carbocycles. The predicted octanol–water partition coefficient (Wildman–Crippen LogP) is 1.50. The maximum absolute atomic E-state index is 5.56. The quantitative estimate of drug-likeness (QED) is 0.748. The molecule has 0 amide bonds. The molecule has 4 heteroatoms. The van der Waals surface area contributed by atoms with E-state index < -0.39 is 0 Å². The third kappa shape index (κ3) is 3.91. The molecule has 2 fully saturated rings. The SMILES string of the molecule is COC1CN(CCC2OCCCO2)CCC1C. The predicted molar refractivity (Wildman–Crippen MR) is 65.9 cm³/mol. The maximum atomic E-state index is 5.56. The van der Waals surface area contributed by atoms with Gasteiger partial charge in [-0.2, -0.15) is 0 Å². The van der Waals surface area contributed by atoms with Gasteiger partial charge in [0.25, 0.3) is 0 Å². The van der Waals surface area contributed by atoms with Crippen molar-refractivity contribution < 1.29 is 14.2 Å². The van der Waals surface area contributed by atoms with E-state index in [2.05, 4.69) is 11.8 Å². The van der Waals surface area contributed by atoms with Crippen LogP contribution in [0.3, 0.4) is 0 Å². The van der Waals surface area contributed by atoms with Crippen LogP contribution in [-0.2, 0) is 14.2 Å². The topological polar surface area (TPSA) is 30.9 Å². The Bertz CT molecular complexity index is 219. The van der Waals surface area contributed by atoms with Crippen LogP contribution in [0.4, 0.5) is 0 Å². The summed E-state index contributed by atoms with van der Waals surface area (Å²) >= 11 is 0. The van der Waals surface area contributed by atoms with E-state index in [-0.39, 0.29) is 6.29 Å². The average molecular weight is 243 g/mol. The summed E-state index contributed by atoms with van der Waals surface area (Å²) in [7, 11) is 1.82. The van der Waals surface area contributed by atoms with Crippen molar-refractivity contribution in [3.8, 4) is 0 Å². The van der Waals surface area contributed by atoms with E-state index in [9.17, 15) is 0 Å². The Kier molecular flexibility index (Phi) is 5.22. The van der Waals surface area contributed by atoms with E-state index in [4.69, 9.17) is 14.2 Å². The highest BCUT2D eigenvalue weighted by atomic mass is 16.7. The zero-order chi connectivity index (χ0) is 12.1. The van der Waals surface area contributed by atoms with E-state index in [0.29, 0.717) is 12.0 Å². The number of rotatable bonds is 4. The summed E-state index contributed by atoms with van der Waals surface area (Å²) in [4.78, 5) is 2.47. The molecule has 0 aliphatic carbocycles. The monoisotopic (exact) mass is 243 g/mol. The molecule has 2 unspecified atom stereocenters. The molecule has 2 heterocycles. The molecule has 100 valence electrons.